The summed E-state index contributed by atoms with van der Waals surface area (Å²) in [5.74, 6) is -1.22. The monoisotopic (exact) mass is 160 g/mol. The minimum Gasteiger partial charge on any atom is -0.481 e. The number of aliphatic carboxylic acids is 1. The van der Waals surface area contributed by atoms with Gasteiger partial charge in [0.15, 0.2) is 0 Å². The molecule has 0 aromatic rings. The molecule has 0 rings (SSSR count). The summed E-state index contributed by atoms with van der Waals surface area (Å²) in [6, 6.07) is 0. The smallest absolute Gasteiger partial charge is 0.309 e. The van der Waals surface area contributed by atoms with Crippen molar-refractivity contribution in [1.29, 1.82) is 0 Å². The molecule has 0 saturated carbocycles. The van der Waals surface area contributed by atoms with Crippen LogP contribution >= 0.6 is 0 Å². The van der Waals surface area contributed by atoms with Crippen molar-refractivity contribution < 1.29 is 14.6 Å². The Morgan fingerprint density at radius 1 is 1.55 bits per heavy atom. The molecule has 0 radical (unpaired) electrons. The van der Waals surface area contributed by atoms with Crippen LogP contribution in [0.2, 0.25) is 0 Å². The number of rotatable bonds is 3. The van der Waals surface area contributed by atoms with E-state index in [1.54, 1.807) is 0 Å². The summed E-state index contributed by atoms with van der Waals surface area (Å²) in [4.78, 5) is 10.7. The molecule has 0 heterocycles. The fraction of sp³-hybridized carbons (Fsp3) is 0.875. The summed E-state index contributed by atoms with van der Waals surface area (Å²) in [5.41, 5.74) is -0.234. The summed E-state index contributed by atoms with van der Waals surface area (Å²) < 4.78 is 4.81. The van der Waals surface area contributed by atoms with Gasteiger partial charge in [-0.1, -0.05) is 20.8 Å². The number of hydrogen-bond donors (Lipinski definition) is 1. The van der Waals surface area contributed by atoms with Gasteiger partial charge in [-0.25, -0.2) is 0 Å². The quantitative estimate of drug-likeness (QED) is 0.678. The maximum absolute atomic E-state index is 10.7. The van der Waals surface area contributed by atoms with Crippen LogP contribution in [0.15, 0.2) is 0 Å². The van der Waals surface area contributed by atoms with Crippen LogP contribution in [0.5, 0.6) is 0 Å². The molecule has 0 aromatic heterocycles. The molecule has 0 bridgehead atoms. The lowest BCUT2D eigenvalue weighted by molar-refractivity contribution is -0.147. The number of carbonyl (C=O) groups is 1. The fourth-order valence-electron chi connectivity index (χ4n) is 0.858. The molecule has 0 aromatic carbocycles. The molecule has 3 nitrogen and oxygen atoms in total. The summed E-state index contributed by atoms with van der Waals surface area (Å²) in [7, 11) is 1.52. The third-order valence-corrected chi connectivity index (χ3v) is 1.68. The van der Waals surface area contributed by atoms with E-state index in [4.69, 9.17) is 9.84 Å². The van der Waals surface area contributed by atoms with Gasteiger partial charge < -0.3 is 9.84 Å². The predicted molar refractivity (Wildman–Crippen MR) is 42.5 cm³/mol. The van der Waals surface area contributed by atoms with Gasteiger partial charge in [0.05, 0.1) is 12.5 Å². The van der Waals surface area contributed by atoms with Crippen LogP contribution in [-0.4, -0.2) is 24.8 Å². The van der Waals surface area contributed by atoms with Gasteiger partial charge in [-0.3, -0.25) is 4.79 Å². The van der Waals surface area contributed by atoms with Crippen molar-refractivity contribution >= 4 is 5.97 Å². The number of hydrogen-bond acceptors (Lipinski definition) is 2. The summed E-state index contributed by atoms with van der Waals surface area (Å²) >= 11 is 0. The van der Waals surface area contributed by atoms with Crippen molar-refractivity contribution in [2.75, 3.05) is 13.7 Å². The van der Waals surface area contributed by atoms with Gasteiger partial charge in [-0.15, -0.1) is 0 Å². The highest BCUT2D eigenvalue weighted by Gasteiger charge is 2.30. The lowest BCUT2D eigenvalue weighted by Gasteiger charge is -2.25. The molecule has 1 atom stereocenters. The van der Waals surface area contributed by atoms with Gasteiger partial charge in [0.25, 0.3) is 0 Å². The van der Waals surface area contributed by atoms with E-state index in [9.17, 15) is 4.79 Å². The Morgan fingerprint density at radius 3 is 2.09 bits per heavy atom. The molecule has 1 N–H and O–H groups in total. The van der Waals surface area contributed by atoms with Gasteiger partial charge in [-0.05, 0) is 5.41 Å². The first-order valence-corrected chi connectivity index (χ1v) is 3.61. The maximum atomic E-state index is 10.7. The number of carboxylic acid groups (broad SMARTS) is 1. The highest BCUT2D eigenvalue weighted by Crippen LogP contribution is 2.25. The first kappa shape index (κ1) is 10.4. The SMILES string of the molecule is COC[C@H](C(=O)O)C(C)(C)C. The van der Waals surface area contributed by atoms with E-state index in [-0.39, 0.29) is 12.0 Å². The topological polar surface area (TPSA) is 46.5 Å². The zero-order valence-electron chi connectivity index (χ0n) is 7.55. The Bertz CT molecular complexity index is 135. The van der Waals surface area contributed by atoms with E-state index in [2.05, 4.69) is 0 Å². The third kappa shape index (κ3) is 3.37. The number of carboxylic acids is 1. The van der Waals surface area contributed by atoms with Crippen LogP contribution in [0.4, 0.5) is 0 Å². The van der Waals surface area contributed by atoms with Crippen molar-refractivity contribution in [1.82, 2.24) is 0 Å². The first-order valence-electron chi connectivity index (χ1n) is 3.61. The molecule has 0 aliphatic heterocycles. The molecule has 0 saturated heterocycles. The molecule has 0 unspecified atom stereocenters. The molecule has 3 heteroatoms. The minimum absolute atomic E-state index is 0.234. The second-order valence-electron chi connectivity index (χ2n) is 3.71. The normalized spacial score (nSPS) is 14.5. The summed E-state index contributed by atoms with van der Waals surface area (Å²) in [5, 5.41) is 8.76. The first-order chi connectivity index (χ1) is 4.89. The van der Waals surface area contributed by atoms with Crippen LogP contribution in [0.25, 0.3) is 0 Å². The van der Waals surface area contributed by atoms with E-state index in [0.29, 0.717) is 0 Å². The van der Waals surface area contributed by atoms with Gasteiger partial charge >= 0.3 is 5.97 Å². The van der Waals surface area contributed by atoms with Crippen molar-refractivity contribution in [3.8, 4) is 0 Å². The van der Waals surface area contributed by atoms with Crippen LogP contribution in [0.1, 0.15) is 20.8 Å². The van der Waals surface area contributed by atoms with Crippen molar-refractivity contribution in [2.45, 2.75) is 20.8 Å². The van der Waals surface area contributed by atoms with Gasteiger partial charge in [0, 0.05) is 7.11 Å². The molecule has 0 aliphatic rings. The average Bonchev–Trinajstić information content (AvgIpc) is 1.79. The van der Waals surface area contributed by atoms with E-state index in [1.165, 1.54) is 7.11 Å². The predicted octanol–water partition coefficient (Wildman–Crippen LogP) is 1.38. The second kappa shape index (κ2) is 3.72. The molecule has 0 amide bonds. The Kier molecular flexibility index (Phi) is 3.52. The van der Waals surface area contributed by atoms with Crippen molar-refractivity contribution in [3.05, 3.63) is 0 Å². The van der Waals surface area contributed by atoms with E-state index in [1.807, 2.05) is 20.8 Å². The molecular weight excluding hydrogens is 144 g/mol. The molecule has 11 heavy (non-hydrogen) atoms. The largest absolute Gasteiger partial charge is 0.481 e. The van der Waals surface area contributed by atoms with E-state index >= 15 is 0 Å². The number of ether oxygens (including phenoxy) is 1. The van der Waals surface area contributed by atoms with Crippen molar-refractivity contribution in [2.24, 2.45) is 11.3 Å². The Balaban J connectivity index is 4.22. The molecule has 66 valence electrons. The number of methoxy groups -OCH3 is 1. The van der Waals surface area contributed by atoms with Crippen LogP contribution in [0, 0.1) is 11.3 Å². The summed E-state index contributed by atoms with van der Waals surface area (Å²) in [6.07, 6.45) is 0. The minimum atomic E-state index is -0.792. The van der Waals surface area contributed by atoms with Gasteiger partial charge in [-0.2, -0.15) is 0 Å². The molecule has 0 fully saturated rings. The highest BCUT2D eigenvalue weighted by atomic mass is 16.5. The van der Waals surface area contributed by atoms with E-state index in [0.717, 1.165) is 0 Å². The lowest BCUT2D eigenvalue weighted by atomic mass is 9.81. The Morgan fingerprint density at radius 2 is 2.00 bits per heavy atom. The standard InChI is InChI=1S/C8H16O3/c1-8(2,3)6(5-11-4)7(9)10/h6H,5H2,1-4H3,(H,9,10)/t6-/m1/s1. The van der Waals surface area contributed by atoms with Crippen LogP contribution in [-0.2, 0) is 9.53 Å². The highest BCUT2D eigenvalue weighted by molar-refractivity contribution is 5.71. The lowest BCUT2D eigenvalue weighted by Crippen LogP contribution is -2.32. The van der Waals surface area contributed by atoms with Crippen molar-refractivity contribution in [3.63, 3.8) is 0 Å². The van der Waals surface area contributed by atoms with E-state index < -0.39 is 11.9 Å². The average molecular weight is 160 g/mol. The van der Waals surface area contributed by atoms with Crippen LogP contribution in [0.3, 0.4) is 0 Å². The van der Waals surface area contributed by atoms with Gasteiger partial charge in [0.2, 0.25) is 0 Å². The Hall–Kier alpha value is -0.570. The molecule has 0 spiro atoms. The zero-order valence-corrected chi connectivity index (χ0v) is 7.55. The summed E-state index contributed by atoms with van der Waals surface area (Å²) in [6.45, 7) is 5.96. The van der Waals surface area contributed by atoms with Gasteiger partial charge in [0.1, 0.15) is 0 Å². The molecule has 0 aliphatic carbocycles. The Labute approximate surface area is 67.4 Å². The zero-order chi connectivity index (χ0) is 9.07. The third-order valence-electron chi connectivity index (χ3n) is 1.68. The maximum Gasteiger partial charge on any atom is 0.309 e. The fourth-order valence-corrected chi connectivity index (χ4v) is 0.858. The molecular formula is C8H16O3. The second-order valence-corrected chi connectivity index (χ2v) is 3.71. The van der Waals surface area contributed by atoms with Crippen LogP contribution < -0.4 is 0 Å².